The molecule has 0 spiro atoms. The lowest BCUT2D eigenvalue weighted by Crippen LogP contribution is -2.53. The molecule has 3 rings (SSSR count). The molecule has 0 bridgehead atoms. The highest BCUT2D eigenvalue weighted by atomic mass is 16.5. The maximum absolute atomic E-state index is 12.7. The number of nitrogens with one attached hydrogen (secondary N) is 1. The maximum atomic E-state index is 12.7. The number of hydrogen-bond acceptors (Lipinski definition) is 4. The SMILES string of the molecule is CC1CN(C(=O)CN2CC3CNCC3C2(C)C)CC(C)O1. The van der Waals surface area contributed by atoms with E-state index in [0.29, 0.717) is 18.4 Å². The minimum absolute atomic E-state index is 0.118. The molecular formula is C16H29N3O2. The smallest absolute Gasteiger partial charge is 0.236 e. The molecule has 1 amide bonds. The summed E-state index contributed by atoms with van der Waals surface area (Å²) in [5, 5.41) is 3.49. The number of fused-ring (bicyclic) bond motifs is 1. The Morgan fingerprint density at radius 1 is 1.19 bits per heavy atom. The van der Waals surface area contributed by atoms with Gasteiger partial charge in [-0.15, -0.1) is 0 Å². The molecular weight excluding hydrogens is 266 g/mol. The summed E-state index contributed by atoms with van der Waals surface area (Å²) in [6.07, 6.45) is 0.292. The number of amides is 1. The van der Waals surface area contributed by atoms with Crippen LogP contribution >= 0.6 is 0 Å². The molecule has 0 aromatic rings. The Morgan fingerprint density at radius 2 is 1.86 bits per heavy atom. The zero-order valence-electron chi connectivity index (χ0n) is 13.8. The standard InChI is InChI=1S/C16H29N3O2/c1-11-7-18(8-12(2)21-11)15(20)10-19-9-13-5-17-6-14(13)16(19,3)4/h11-14,17H,5-10H2,1-4H3. The topological polar surface area (TPSA) is 44.8 Å². The van der Waals surface area contributed by atoms with E-state index >= 15 is 0 Å². The first-order chi connectivity index (χ1) is 9.88. The van der Waals surface area contributed by atoms with Crippen molar-refractivity contribution in [2.75, 3.05) is 39.3 Å². The third kappa shape index (κ3) is 2.83. The van der Waals surface area contributed by atoms with Crippen LogP contribution in [0, 0.1) is 11.8 Å². The Labute approximate surface area is 128 Å². The lowest BCUT2D eigenvalue weighted by molar-refractivity contribution is -0.145. The Balaban J connectivity index is 1.62. The number of rotatable bonds is 2. The fraction of sp³-hybridized carbons (Fsp3) is 0.938. The van der Waals surface area contributed by atoms with Crippen LogP contribution in [0.15, 0.2) is 0 Å². The Morgan fingerprint density at radius 3 is 2.48 bits per heavy atom. The van der Waals surface area contributed by atoms with Gasteiger partial charge in [-0.25, -0.2) is 0 Å². The quantitative estimate of drug-likeness (QED) is 0.808. The van der Waals surface area contributed by atoms with Gasteiger partial charge in [0.1, 0.15) is 0 Å². The van der Waals surface area contributed by atoms with Crippen LogP contribution in [0.1, 0.15) is 27.7 Å². The van der Waals surface area contributed by atoms with Crippen molar-refractivity contribution in [1.82, 2.24) is 15.1 Å². The first kappa shape index (κ1) is 15.3. The fourth-order valence-electron chi connectivity index (χ4n) is 4.42. The molecule has 1 N–H and O–H groups in total. The Hall–Kier alpha value is -0.650. The summed E-state index contributed by atoms with van der Waals surface area (Å²) in [5.41, 5.74) is 0.118. The fourth-order valence-corrected chi connectivity index (χ4v) is 4.42. The number of morpholine rings is 1. The molecule has 0 aromatic heterocycles. The van der Waals surface area contributed by atoms with Crippen LogP contribution in [0.4, 0.5) is 0 Å². The van der Waals surface area contributed by atoms with Gasteiger partial charge in [-0.1, -0.05) is 0 Å². The molecule has 0 radical (unpaired) electrons. The minimum Gasteiger partial charge on any atom is -0.372 e. The lowest BCUT2D eigenvalue weighted by Gasteiger charge is -2.39. The van der Waals surface area contributed by atoms with Gasteiger partial charge in [0.05, 0.1) is 18.8 Å². The van der Waals surface area contributed by atoms with E-state index in [1.165, 1.54) is 0 Å². The number of ether oxygens (including phenoxy) is 1. The molecule has 5 heteroatoms. The third-order valence-electron chi connectivity index (χ3n) is 5.62. The van der Waals surface area contributed by atoms with Crippen molar-refractivity contribution in [3.63, 3.8) is 0 Å². The molecule has 5 nitrogen and oxygen atoms in total. The van der Waals surface area contributed by atoms with E-state index in [4.69, 9.17) is 4.74 Å². The molecule has 0 aromatic carbocycles. The number of carbonyl (C=O) groups excluding carboxylic acids is 1. The highest BCUT2D eigenvalue weighted by molar-refractivity contribution is 5.78. The van der Waals surface area contributed by atoms with E-state index in [0.717, 1.165) is 32.7 Å². The van der Waals surface area contributed by atoms with Gasteiger partial charge in [0.25, 0.3) is 0 Å². The van der Waals surface area contributed by atoms with E-state index in [1.807, 2.05) is 18.7 Å². The van der Waals surface area contributed by atoms with E-state index in [-0.39, 0.29) is 23.7 Å². The van der Waals surface area contributed by atoms with Crippen molar-refractivity contribution in [2.24, 2.45) is 11.8 Å². The van der Waals surface area contributed by atoms with Gasteiger partial charge < -0.3 is 15.0 Å². The minimum atomic E-state index is 0.118. The van der Waals surface area contributed by atoms with Gasteiger partial charge in [-0.05, 0) is 46.1 Å². The van der Waals surface area contributed by atoms with Crippen molar-refractivity contribution < 1.29 is 9.53 Å². The van der Waals surface area contributed by atoms with Crippen molar-refractivity contribution in [3.8, 4) is 0 Å². The zero-order chi connectivity index (χ0) is 15.2. The van der Waals surface area contributed by atoms with Crippen molar-refractivity contribution in [3.05, 3.63) is 0 Å². The largest absolute Gasteiger partial charge is 0.372 e. The molecule has 3 aliphatic rings. The highest BCUT2D eigenvalue weighted by Gasteiger charge is 2.50. The summed E-state index contributed by atoms with van der Waals surface area (Å²) in [6, 6.07) is 0. The van der Waals surface area contributed by atoms with Crippen LogP contribution in [0.25, 0.3) is 0 Å². The molecule has 0 saturated carbocycles. The van der Waals surface area contributed by atoms with Crippen molar-refractivity contribution in [2.45, 2.75) is 45.4 Å². The first-order valence-corrected chi connectivity index (χ1v) is 8.27. The van der Waals surface area contributed by atoms with Crippen LogP contribution < -0.4 is 5.32 Å². The Kier molecular flexibility index (Phi) is 4.01. The van der Waals surface area contributed by atoms with Crippen LogP contribution in [0.3, 0.4) is 0 Å². The van der Waals surface area contributed by atoms with Crippen LogP contribution in [-0.2, 0) is 9.53 Å². The summed E-state index contributed by atoms with van der Waals surface area (Å²) in [4.78, 5) is 17.1. The molecule has 3 fully saturated rings. The summed E-state index contributed by atoms with van der Waals surface area (Å²) in [7, 11) is 0. The van der Waals surface area contributed by atoms with Gasteiger partial charge in [0.2, 0.25) is 5.91 Å². The number of carbonyl (C=O) groups is 1. The number of nitrogens with zero attached hydrogens (tertiary/aromatic N) is 2. The normalized spacial score (nSPS) is 39.5. The molecule has 4 atom stereocenters. The van der Waals surface area contributed by atoms with Crippen LogP contribution in [-0.4, -0.2) is 72.7 Å². The predicted octanol–water partition coefficient (Wildman–Crippen LogP) is 0.552. The van der Waals surface area contributed by atoms with Gasteiger partial charge in [0, 0.05) is 31.7 Å². The zero-order valence-corrected chi connectivity index (χ0v) is 13.8. The second-order valence-electron chi connectivity index (χ2n) is 7.62. The molecule has 3 aliphatic heterocycles. The molecule has 0 aliphatic carbocycles. The lowest BCUT2D eigenvalue weighted by atomic mass is 9.85. The van der Waals surface area contributed by atoms with Gasteiger partial charge in [0.15, 0.2) is 0 Å². The first-order valence-electron chi connectivity index (χ1n) is 8.27. The Bertz CT molecular complexity index is 402. The summed E-state index contributed by atoms with van der Waals surface area (Å²) >= 11 is 0. The predicted molar refractivity (Wildman–Crippen MR) is 82.1 cm³/mol. The van der Waals surface area contributed by atoms with Crippen LogP contribution in [0.5, 0.6) is 0 Å². The molecule has 4 unspecified atom stereocenters. The van der Waals surface area contributed by atoms with Crippen molar-refractivity contribution in [1.29, 1.82) is 0 Å². The monoisotopic (exact) mass is 295 g/mol. The molecule has 3 heterocycles. The van der Waals surface area contributed by atoms with Gasteiger partial charge in [-0.2, -0.15) is 0 Å². The number of hydrogen-bond donors (Lipinski definition) is 1. The third-order valence-corrected chi connectivity index (χ3v) is 5.62. The average Bonchev–Trinajstić information content (AvgIpc) is 2.92. The molecule has 120 valence electrons. The average molecular weight is 295 g/mol. The second kappa shape index (κ2) is 5.52. The number of likely N-dealkylation sites (tertiary alicyclic amines) is 1. The summed E-state index contributed by atoms with van der Waals surface area (Å²) in [6.45, 7) is 13.9. The summed E-state index contributed by atoms with van der Waals surface area (Å²) < 4.78 is 5.72. The van der Waals surface area contributed by atoms with Gasteiger partial charge >= 0.3 is 0 Å². The summed E-state index contributed by atoms with van der Waals surface area (Å²) in [5.74, 6) is 1.64. The maximum Gasteiger partial charge on any atom is 0.236 e. The van der Waals surface area contributed by atoms with Crippen LogP contribution in [0.2, 0.25) is 0 Å². The second-order valence-corrected chi connectivity index (χ2v) is 7.62. The molecule has 21 heavy (non-hydrogen) atoms. The highest BCUT2D eigenvalue weighted by Crippen LogP contribution is 2.40. The molecule has 3 saturated heterocycles. The van der Waals surface area contributed by atoms with E-state index < -0.39 is 0 Å². The van der Waals surface area contributed by atoms with Crippen molar-refractivity contribution >= 4 is 5.91 Å². The van der Waals surface area contributed by atoms with E-state index in [2.05, 4.69) is 24.1 Å². The van der Waals surface area contributed by atoms with E-state index in [1.54, 1.807) is 0 Å². The van der Waals surface area contributed by atoms with Gasteiger partial charge in [-0.3, -0.25) is 9.69 Å². The van der Waals surface area contributed by atoms with E-state index in [9.17, 15) is 4.79 Å².